The minimum Gasteiger partial charge on any atom is -0.356 e. The van der Waals surface area contributed by atoms with Crippen molar-refractivity contribution in [2.45, 2.75) is 50.5 Å². The molecule has 2 heterocycles. The lowest BCUT2D eigenvalue weighted by Gasteiger charge is -2.25. The minimum atomic E-state index is -3.42. The fraction of sp³-hybridized carbons (Fsp3) is 0.526. The van der Waals surface area contributed by atoms with Gasteiger partial charge < -0.3 is 9.88 Å². The van der Waals surface area contributed by atoms with Gasteiger partial charge in [-0.05, 0) is 43.5 Å². The number of nitrogens with zero attached hydrogens (tertiary/aromatic N) is 2. The maximum absolute atomic E-state index is 12.8. The molecule has 1 amide bonds. The number of carbonyl (C=O) groups excluding carboxylic acids is 1. The van der Waals surface area contributed by atoms with Crippen molar-refractivity contribution in [1.29, 1.82) is 0 Å². The molecule has 1 aromatic carbocycles. The largest absolute Gasteiger partial charge is 0.356 e. The highest BCUT2D eigenvalue weighted by Crippen LogP contribution is 2.25. The van der Waals surface area contributed by atoms with Gasteiger partial charge in [0.05, 0.1) is 4.90 Å². The van der Waals surface area contributed by atoms with Crippen LogP contribution in [0.3, 0.4) is 0 Å². The number of hydrogen-bond donors (Lipinski definition) is 1. The molecule has 1 aliphatic heterocycles. The van der Waals surface area contributed by atoms with Gasteiger partial charge in [-0.3, -0.25) is 4.79 Å². The summed E-state index contributed by atoms with van der Waals surface area (Å²) >= 11 is 0. The van der Waals surface area contributed by atoms with E-state index in [-0.39, 0.29) is 5.91 Å². The number of benzene rings is 1. The number of hydrogen-bond acceptors (Lipinski definition) is 3. The number of carbonyl (C=O) groups is 1. The van der Waals surface area contributed by atoms with Crippen molar-refractivity contribution >= 4 is 26.8 Å². The molecular formula is C19H27N3O3S. The number of rotatable bonds is 7. The summed E-state index contributed by atoms with van der Waals surface area (Å²) in [5.41, 5.74) is 0.950. The molecule has 142 valence electrons. The molecule has 1 saturated heterocycles. The van der Waals surface area contributed by atoms with Crippen LogP contribution >= 0.6 is 0 Å². The Morgan fingerprint density at radius 2 is 1.92 bits per heavy atom. The van der Waals surface area contributed by atoms with Crippen LogP contribution in [0.4, 0.5) is 0 Å². The summed E-state index contributed by atoms with van der Waals surface area (Å²) in [5.74, 6) is 0.0398. The maximum atomic E-state index is 12.8. The third-order valence-corrected chi connectivity index (χ3v) is 6.74. The monoisotopic (exact) mass is 377 g/mol. The van der Waals surface area contributed by atoms with Gasteiger partial charge in [0.1, 0.15) is 0 Å². The van der Waals surface area contributed by atoms with Crippen LogP contribution in [0.5, 0.6) is 0 Å². The zero-order valence-electron chi connectivity index (χ0n) is 15.3. The molecule has 2 aromatic rings. The second-order valence-corrected chi connectivity index (χ2v) is 8.73. The van der Waals surface area contributed by atoms with Gasteiger partial charge in [-0.25, -0.2) is 8.42 Å². The Morgan fingerprint density at radius 1 is 1.15 bits per heavy atom. The van der Waals surface area contributed by atoms with E-state index >= 15 is 0 Å². The van der Waals surface area contributed by atoms with Crippen LogP contribution in [-0.2, 0) is 21.4 Å². The Kier molecular flexibility index (Phi) is 5.98. The van der Waals surface area contributed by atoms with Crippen molar-refractivity contribution < 1.29 is 13.2 Å². The van der Waals surface area contributed by atoms with Gasteiger partial charge in [0.25, 0.3) is 0 Å². The van der Waals surface area contributed by atoms with Gasteiger partial charge in [-0.15, -0.1) is 0 Å². The number of aromatic nitrogens is 1. The molecule has 3 rings (SSSR count). The average Bonchev–Trinajstić information content (AvgIpc) is 3.07. The molecule has 0 spiro atoms. The van der Waals surface area contributed by atoms with E-state index in [0.29, 0.717) is 37.5 Å². The van der Waals surface area contributed by atoms with Gasteiger partial charge in [0.15, 0.2) is 0 Å². The summed E-state index contributed by atoms with van der Waals surface area (Å²) < 4.78 is 29.2. The fourth-order valence-corrected chi connectivity index (χ4v) is 4.92. The molecule has 1 fully saturated rings. The predicted octanol–water partition coefficient (Wildman–Crippen LogP) is 2.73. The third kappa shape index (κ3) is 4.10. The van der Waals surface area contributed by atoms with Crippen LogP contribution in [0.25, 0.3) is 10.9 Å². The summed E-state index contributed by atoms with van der Waals surface area (Å²) in [6, 6.07) is 7.18. The number of aryl methyl sites for hydroxylation is 1. The second kappa shape index (κ2) is 8.22. The molecule has 0 unspecified atom stereocenters. The Bertz CT molecular complexity index is 867. The highest BCUT2D eigenvalue weighted by molar-refractivity contribution is 7.89. The van der Waals surface area contributed by atoms with E-state index in [1.54, 1.807) is 16.4 Å². The van der Waals surface area contributed by atoms with E-state index in [4.69, 9.17) is 0 Å². The third-order valence-electron chi connectivity index (χ3n) is 4.85. The van der Waals surface area contributed by atoms with Crippen LogP contribution in [0.15, 0.2) is 35.4 Å². The van der Waals surface area contributed by atoms with Crippen LogP contribution in [0.2, 0.25) is 0 Å². The van der Waals surface area contributed by atoms with Gasteiger partial charge >= 0.3 is 0 Å². The number of nitrogens with one attached hydrogen (secondary N) is 1. The molecule has 7 heteroatoms. The lowest BCUT2D eigenvalue weighted by Crippen LogP contribution is -2.35. The first kappa shape index (κ1) is 18.9. The quantitative estimate of drug-likeness (QED) is 0.806. The molecule has 0 bridgehead atoms. The molecule has 6 nitrogen and oxygen atoms in total. The van der Waals surface area contributed by atoms with Crippen LogP contribution < -0.4 is 5.32 Å². The zero-order chi connectivity index (χ0) is 18.6. The van der Waals surface area contributed by atoms with Crippen molar-refractivity contribution in [3.63, 3.8) is 0 Å². The highest BCUT2D eigenvalue weighted by Gasteiger charge is 2.26. The van der Waals surface area contributed by atoms with Crippen molar-refractivity contribution in [2.75, 3.05) is 19.6 Å². The number of fused-ring (bicyclic) bond motifs is 1. The van der Waals surface area contributed by atoms with Crippen molar-refractivity contribution in [3.8, 4) is 0 Å². The van der Waals surface area contributed by atoms with Crippen LogP contribution in [-0.4, -0.2) is 42.8 Å². The Hall–Kier alpha value is -1.86. The summed E-state index contributed by atoms with van der Waals surface area (Å²) in [5, 5.41) is 3.76. The summed E-state index contributed by atoms with van der Waals surface area (Å²) in [7, 11) is -3.42. The fourth-order valence-electron chi connectivity index (χ4n) is 3.36. The maximum Gasteiger partial charge on any atom is 0.243 e. The Balaban J connectivity index is 1.75. The Labute approximate surface area is 155 Å². The second-order valence-electron chi connectivity index (χ2n) is 6.79. The van der Waals surface area contributed by atoms with E-state index in [0.717, 1.165) is 36.6 Å². The number of piperidine rings is 1. The summed E-state index contributed by atoms with van der Waals surface area (Å²) in [6.45, 7) is 4.51. The van der Waals surface area contributed by atoms with E-state index in [9.17, 15) is 13.2 Å². The molecule has 0 atom stereocenters. The normalized spacial score (nSPS) is 16.0. The predicted molar refractivity (Wildman–Crippen MR) is 102 cm³/mol. The number of amides is 1. The van der Waals surface area contributed by atoms with Gasteiger partial charge in [0.2, 0.25) is 15.9 Å². The molecule has 0 radical (unpaired) electrons. The molecule has 0 saturated carbocycles. The smallest absolute Gasteiger partial charge is 0.243 e. The molecule has 26 heavy (non-hydrogen) atoms. The first-order valence-electron chi connectivity index (χ1n) is 9.38. The Morgan fingerprint density at radius 3 is 2.65 bits per heavy atom. The van der Waals surface area contributed by atoms with E-state index in [2.05, 4.69) is 5.32 Å². The molecule has 1 N–H and O–H groups in total. The molecule has 0 aliphatic carbocycles. The lowest BCUT2D eigenvalue weighted by molar-refractivity contribution is -0.121. The summed E-state index contributed by atoms with van der Waals surface area (Å²) in [4.78, 5) is 12.1. The molecule has 1 aromatic heterocycles. The molecular weight excluding hydrogens is 350 g/mol. The van der Waals surface area contributed by atoms with Gasteiger partial charge in [-0.2, -0.15) is 4.31 Å². The van der Waals surface area contributed by atoms with E-state index in [1.807, 2.05) is 29.8 Å². The van der Waals surface area contributed by atoms with Crippen molar-refractivity contribution in [2.24, 2.45) is 0 Å². The highest BCUT2D eigenvalue weighted by atomic mass is 32.2. The first-order valence-corrected chi connectivity index (χ1v) is 10.8. The zero-order valence-corrected chi connectivity index (χ0v) is 16.1. The molecule has 1 aliphatic rings. The van der Waals surface area contributed by atoms with Gasteiger partial charge in [0, 0.05) is 49.7 Å². The van der Waals surface area contributed by atoms with Crippen molar-refractivity contribution in [1.82, 2.24) is 14.2 Å². The van der Waals surface area contributed by atoms with Gasteiger partial charge in [-0.1, -0.05) is 13.3 Å². The topological polar surface area (TPSA) is 71.4 Å². The minimum absolute atomic E-state index is 0.0398. The number of sulfonamides is 1. The first-order chi connectivity index (χ1) is 12.5. The summed E-state index contributed by atoms with van der Waals surface area (Å²) in [6.07, 6.45) is 6.20. The van der Waals surface area contributed by atoms with Crippen molar-refractivity contribution in [3.05, 3.63) is 30.5 Å². The lowest BCUT2D eigenvalue weighted by atomic mass is 10.2. The van der Waals surface area contributed by atoms with E-state index in [1.165, 1.54) is 0 Å². The standard InChI is InChI=1S/C19H27N3O3S/c1-2-10-20-19(23)9-14-21-13-8-16-15-17(6-7-18(16)21)26(24,25)22-11-4-3-5-12-22/h6-8,13,15H,2-5,9-12,14H2,1H3,(H,20,23). The average molecular weight is 378 g/mol. The van der Waals surface area contributed by atoms with E-state index < -0.39 is 10.0 Å². The SMILES string of the molecule is CCCNC(=O)CCn1ccc2cc(S(=O)(=O)N3CCCCC3)ccc21. The van der Waals surface area contributed by atoms with Crippen LogP contribution in [0, 0.1) is 0 Å². The van der Waals surface area contributed by atoms with Crippen LogP contribution in [0.1, 0.15) is 39.0 Å².